The van der Waals surface area contributed by atoms with E-state index in [1.165, 1.54) is 6.07 Å². The van der Waals surface area contributed by atoms with Gasteiger partial charge in [-0.3, -0.25) is 4.90 Å². The number of alkyl halides is 3. The van der Waals surface area contributed by atoms with Gasteiger partial charge in [-0.2, -0.15) is 13.2 Å². The van der Waals surface area contributed by atoms with Gasteiger partial charge in [0, 0.05) is 32.4 Å². The number of nitrogens with zero attached hydrogens (tertiary/aromatic N) is 3. The summed E-state index contributed by atoms with van der Waals surface area (Å²) in [6.45, 7) is 4.94. The monoisotopic (exact) mass is 333 g/mol. The molecule has 2 heterocycles. The van der Waals surface area contributed by atoms with E-state index in [2.05, 4.69) is 9.88 Å². The largest absolute Gasteiger partial charge is 0.417 e. The molecule has 5 nitrogen and oxygen atoms in total. The summed E-state index contributed by atoms with van der Waals surface area (Å²) in [6.07, 6.45) is -2.54. The number of aliphatic hydroxyl groups excluding tert-OH is 1. The second-order valence-corrected chi connectivity index (χ2v) is 5.42. The van der Waals surface area contributed by atoms with Crippen molar-refractivity contribution in [3.05, 3.63) is 23.9 Å². The fraction of sp³-hybridized carbons (Fsp3) is 0.667. The highest BCUT2D eigenvalue weighted by atomic mass is 19.4. The first-order valence-electron chi connectivity index (χ1n) is 7.70. The zero-order chi connectivity index (χ0) is 16.7. The first-order valence-corrected chi connectivity index (χ1v) is 7.70. The van der Waals surface area contributed by atoms with Crippen LogP contribution in [0.1, 0.15) is 12.0 Å². The van der Waals surface area contributed by atoms with Crippen LogP contribution in [0.4, 0.5) is 19.0 Å². The molecule has 0 amide bonds. The van der Waals surface area contributed by atoms with Gasteiger partial charge in [0.1, 0.15) is 5.82 Å². The summed E-state index contributed by atoms with van der Waals surface area (Å²) in [7, 11) is 0. The number of ether oxygens (including phenoxy) is 1. The third-order valence-electron chi connectivity index (χ3n) is 3.78. The highest BCUT2D eigenvalue weighted by molar-refractivity contribution is 5.40. The summed E-state index contributed by atoms with van der Waals surface area (Å²) >= 11 is 0. The number of anilines is 1. The van der Waals surface area contributed by atoms with Gasteiger partial charge in [-0.25, -0.2) is 4.98 Å². The summed E-state index contributed by atoms with van der Waals surface area (Å²) in [6, 6.07) is 2.51. The molecule has 1 aliphatic heterocycles. The maximum absolute atomic E-state index is 12.6. The van der Waals surface area contributed by atoms with Crippen molar-refractivity contribution < 1.29 is 23.0 Å². The molecule has 1 fully saturated rings. The van der Waals surface area contributed by atoms with E-state index in [-0.39, 0.29) is 6.61 Å². The normalized spacial score (nSPS) is 17.3. The molecule has 0 aromatic carbocycles. The highest BCUT2D eigenvalue weighted by Gasteiger charge is 2.31. The van der Waals surface area contributed by atoms with Gasteiger partial charge in [0.15, 0.2) is 0 Å². The van der Waals surface area contributed by atoms with Gasteiger partial charge in [-0.05, 0) is 25.1 Å². The van der Waals surface area contributed by atoms with E-state index in [1.54, 1.807) is 0 Å². The Balaban J connectivity index is 1.85. The standard InChI is InChI=1S/C15H22F3N3O2/c16-15(17,18)13-2-3-14(19-12-13)21-5-1-4-20(6-7-21)8-10-23-11-9-22/h2-3,12,22H,1,4-11H2. The SMILES string of the molecule is OCCOCCN1CCCN(c2ccc(C(F)(F)F)cn2)CC1. The molecule has 2 rings (SSSR count). The highest BCUT2D eigenvalue weighted by Crippen LogP contribution is 2.29. The van der Waals surface area contributed by atoms with Crippen molar-refractivity contribution in [3.8, 4) is 0 Å². The van der Waals surface area contributed by atoms with Crippen LogP contribution in [0.25, 0.3) is 0 Å². The Morgan fingerprint density at radius 1 is 1.13 bits per heavy atom. The number of aliphatic hydroxyl groups is 1. The van der Waals surface area contributed by atoms with Crippen molar-refractivity contribution in [2.45, 2.75) is 12.6 Å². The minimum Gasteiger partial charge on any atom is -0.394 e. The average molecular weight is 333 g/mol. The molecule has 130 valence electrons. The lowest BCUT2D eigenvalue weighted by atomic mass is 10.2. The maximum Gasteiger partial charge on any atom is 0.417 e. The van der Waals surface area contributed by atoms with Gasteiger partial charge in [-0.15, -0.1) is 0 Å². The number of hydrogen-bond donors (Lipinski definition) is 1. The number of hydrogen-bond acceptors (Lipinski definition) is 5. The van der Waals surface area contributed by atoms with Crippen LogP contribution in [-0.4, -0.2) is 67.5 Å². The molecule has 1 aliphatic rings. The lowest BCUT2D eigenvalue weighted by molar-refractivity contribution is -0.137. The van der Waals surface area contributed by atoms with Gasteiger partial charge in [-0.1, -0.05) is 0 Å². The Bertz CT molecular complexity index is 468. The number of aromatic nitrogens is 1. The summed E-state index contributed by atoms with van der Waals surface area (Å²) in [5.41, 5.74) is -0.723. The molecule has 0 bridgehead atoms. The van der Waals surface area contributed by atoms with E-state index in [1.807, 2.05) is 4.90 Å². The Kier molecular flexibility index (Phi) is 6.61. The quantitative estimate of drug-likeness (QED) is 0.802. The molecule has 1 aromatic heterocycles. The molecular formula is C15H22F3N3O2. The topological polar surface area (TPSA) is 48.8 Å². The lowest BCUT2D eigenvalue weighted by Crippen LogP contribution is -2.33. The molecule has 0 aliphatic carbocycles. The Labute approximate surface area is 133 Å². The molecule has 0 unspecified atom stereocenters. The van der Waals surface area contributed by atoms with Crippen LogP contribution in [0.5, 0.6) is 0 Å². The van der Waals surface area contributed by atoms with Crippen molar-refractivity contribution in [1.29, 1.82) is 0 Å². The van der Waals surface area contributed by atoms with E-state index in [0.29, 0.717) is 19.0 Å². The second kappa shape index (κ2) is 8.47. The van der Waals surface area contributed by atoms with E-state index < -0.39 is 11.7 Å². The molecule has 0 spiro atoms. The molecule has 8 heteroatoms. The van der Waals surface area contributed by atoms with Crippen molar-refractivity contribution in [3.63, 3.8) is 0 Å². The van der Waals surface area contributed by atoms with E-state index >= 15 is 0 Å². The summed E-state index contributed by atoms with van der Waals surface area (Å²) in [5, 5.41) is 8.66. The van der Waals surface area contributed by atoms with Crippen LogP contribution in [0, 0.1) is 0 Å². The van der Waals surface area contributed by atoms with Crippen LogP contribution < -0.4 is 4.90 Å². The van der Waals surface area contributed by atoms with Crippen LogP contribution in [0.15, 0.2) is 18.3 Å². The minimum absolute atomic E-state index is 0.0212. The fourth-order valence-corrected chi connectivity index (χ4v) is 2.52. The summed E-state index contributed by atoms with van der Waals surface area (Å²) in [4.78, 5) is 8.22. The smallest absolute Gasteiger partial charge is 0.394 e. The van der Waals surface area contributed by atoms with Crippen molar-refractivity contribution in [2.75, 3.05) is 57.4 Å². The minimum atomic E-state index is -4.35. The van der Waals surface area contributed by atoms with Gasteiger partial charge < -0.3 is 14.7 Å². The summed E-state index contributed by atoms with van der Waals surface area (Å²) < 4.78 is 42.9. The van der Waals surface area contributed by atoms with Crippen molar-refractivity contribution in [1.82, 2.24) is 9.88 Å². The molecule has 0 radical (unpaired) electrons. The first-order chi connectivity index (χ1) is 11.0. The third-order valence-corrected chi connectivity index (χ3v) is 3.78. The van der Waals surface area contributed by atoms with Gasteiger partial charge >= 0.3 is 6.18 Å². The lowest BCUT2D eigenvalue weighted by Gasteiger charge is -2.23. The molecule has 0 saturated carbocycles. The van der Waals surface area contributed by atoms with Crippen LogP contribution >= 0.6 is 0 Å². The Morgan fingerprint density at radius 2 is 1.96 bits per heavy atom. The third kappa shape index (κ3) is 5.63. The molecular weight excluding hydrogens is 311 g/mol. The molecule has 0 atom stereocenters. The van der Waals surface area contributed by atoms with Gasteiger partial charge in [0.05, 0.1) is 25.4 Å². The predicted molar refractivity (Wildman–Crippen MR) is 80.4 cm³/mol. The molecule has 1 aromatic rings. The molecule has 1 N–H and O–H groups in total. The zero-order valence-corrected chi connectivity index (χ0v) is 12.9. The number of halogens is 3. The number of pyridine rings is 1. The molecule has 23 heavy (non-hydrogen) atoms. The van der Waals surface area contributed by atoms with Crippen LogP contribution in [-0.2, 0) is 10.9 Å². The predicted octanol–water partition coefficient (Wildman–Crippen LogP) is 1.62. The molecule has 1 saturated heterocycles. The van der Waals surface area contributed by atoms with Crippen LogP contribution in [0.2, 0.25) is 0 Å². The van der Waals surface area contributed by atoms with E-state index in [9.17, 15) is 13.2 Å². The Hall–Kier alpha value is -1.38. The van der Waals surface area contributed by atoms with Gasteiger partial charge in [0.25, 0.3) is 0 Å². The first kappa shape index (κ1) is 18.0. The number of rotatable bonds is 6. The van der Waals surface area contributed by atoms with Crippen molar-refractivity contribution >= 4 is 5.82 Å². The van der Waals surface area contributed by atoms with Crippen molar-refractivity contribution in [2.24, 2.45) is 0 Å². The summed E-state index contributed by atoms with van der Waals surface area (Å²) in [5.74, 6) is 0.580. The van der Waals surface area contributed by atoms with E-state index in [0.717, 1.165) is 51.4 Å². The second-order valence-electron chi connectivity index (χ2n) is 5.42. The zero-order valence-electron chi connectivity index (χ0n) is 12.9. The Morgan fingerprint density at radius 3 is 2.61 bits per heavy atom. The maximum atomic E-state index is 12.6. The fourth-order valence-electron chi connectivity index (χ4n) is 2.52. The van der Waals surface area contributed by atoms with Crippen LogP contribution in [0.3, 0.4) is 0 Å². The van der Waals surface area contributed by atoms with E-state index in [4.69, 9.17) is 9.84 Å². The van der Waals surface area contributed by atoms with Gasteiger partial charge in [0.2, 0.25) is 0 Å². The average Bonchev–Trinajstić information content (AvgIpc) is 2.77.